The molecule has 0 unspecified atom stereocenters. The largest absolute Gasteiger partial charge is 0.103 e. The van der Waals surface area contributed by atoms with Crippen LogP contribution in [0.2, 0.25) is 0 Å². The normalized spacial score (nSPS) is 5.57. The second-order valence-corrected chi connectivity index (χ2v) is 1.73. The summed E-state index contributed by atoms with van der Waals surface area (Å²) in [6.45, 7) is 10.3. The first-order chi connectivity index (χ1) is 3.15. The summed E-state index contributed by atoms with van der Waals surface area (Å²) in [5, 5.41) is 0.639. The molecule has 0 atom stereocenters. The third kappa shape index (κ3) is 1550. The fraction of sp³-hybridized carbons (Fsp3) is 0.333. The van der Waals surface area contributed by atoms with Gasteiger partial charge in [0.25, 0.3) is 0 Å². The summed E-state index contributed by atoms with van der Waals surface area (Å²) in [6, 6.07) is 0. The molecule has 0 nitrogen and oxygen atoms in total. The van der Waals surface area contributed by atoms with Crippen LogP contribution in [0.1, 0.15) is 13.8 Å². The van der Waals surface area contributed by atoms with Crippen molar-refractivity contribution in [1.82, 2.24) is 0 Å². The van der Waals surface area contributed by atoms with E-state index in [-0.39, 0.29) is 0 Å². The van der Waals surface area contributed by atoms with Crippen LogP contribution in [0.3, 0.4) is 0 Å². The van der Waals surface area contributed by atoms with Crippen LogP contribution in [-0.4, -0.2) is 0 Å². The molecule has 0 aromatic heterocycles. The van der Waals surface area contributed by atoms with Crippen molar-refractivity contribution < 1.29 is 0 Å². The smallest absolute Gasteiger partial charge is 0.00778 e. The molecule has 0 amide bonds. The van der Waals surface area contributed by atoms with Gasteiger partial charge in [0.05, 0.1) is 0 Å². The molecule has 0 aliphatic heterocycles. The molecule has 0 aromatic carbocycles. The van der Waals surface area contributed by atoms with Gasteiger partial charge in [-0.3, -0.25) is 0 Å². The van der Waals surface area contributed by atoms with Crippen LogP contribution >= 0.6 is 11.6 Å². The molecule has 0 aliphatic rings. The summed E-state index contributed by atoms with van der Waals surface area (Å²) in [5.74, 6) is 0. The van der Waals surface area contributed by atoms with E-state index in [0.717, 1.165) is 0 Å². The first kappa shape index (κ1) is 9.91. The summed E-state index contributed by atoms with van der Waals surface area (Å²) >= 11 is 5.08. The quantitative estimate of drug-likeness (QED) is 0.429. The van der Waals surface area contributed by atoms with Gasteiger partial charge in [0.1, 0.15) is 0 Å². The summed E-state index contributed by atoms with van der Waals surface area (Å²) in [7, 11) is 0. The zero-order chi connectivity index (χ0) is 6.28. The van der Waals surface area contributed by atoms with Crippen molar-refractivity contribution in [3.05, 3.63) is 24.3 Å². The van der Waals surface area contributed by atoms with Gasteiger partial charge in [-0.25, -0.2) is 0 Å². The second-order valence-electron chi connectivity index (χ2n) is 1.08. The molecule has 0 saturated heterocycles. The first-order valence-corrected chi connectivity index (χ1v) is 2.41. The van der Waals surface area contributed by atoms with E-state index in [4.69, 9.17) is 11.6 Å². The molecule has 0 fully saturated rings. The molecule has 0 aromatic rings. The molecule has 42 valence electrons. The SMILES string of the molecule is C=C(C)Cl.C=CC. The highest BCUT2D eigenvalue weighted by atomic mass is 35.5. The van der Waals surface area contributed by atoms with Gasteiger partial charge in [0.15, 0.2) is 0 Å². The molecular formula is C6H11Cl. The second kappa shape index (κ2) is 9.24. The average Bonchev–Trinajstić information content (AvgIpc) is 1.33. The van der Waals surface area contributed by atoms with Gasteiger partial charge >= 0.3 is 0 Å². The van der Waals surface area contributed by atoms with Crippen LogP contribution in [0.25, 0.3) is 0 Å². The summed E-state index contributed by atoms with van der Waals surface area (Å²) in [6.07, 6.45) is 1.75. The van der Waals surface area contributed by atoms with Gasteiger partial charge in [0, 0.05) is 5.03 Å². The van der Waals surface area contributed by atoms with Crippen molar-refractivity contribution in [3.63, 3.8) is 0 Å². The van der Waals surface area contributed by atoms with Crippen molar-refractivity contribution in [2.45, 2.75) is 13.8 Å². The molecule has 7 heavy (non-hydrogen) atoms. The number of halogens is 1. The Kier molecular flexibility index (Phi) is 13.1. The third-order valence-corrected chi connectivity index (χ3v) is 0. The van der Waals surface area contributed by atoms with E-state index in [0.29, 0.717) is 5.03 Å². The summed E-state index contributed by atoms with van der Waals surface area (Å²) in [4.78, 5) is 0. The highest BCUT2D eigenvalue weighted by Crippen LogP contribution is 1.87. The molecule has 1 heteroatoms. The van der Waals surface area contributed by atoms with Gasteiger partial charge < -0.3 is 0 Å². The highest BCUT2D eigenvalue weighted by molar-refractivity contribution is 6.28. The topological polar surface area (TPSA) is 0 Å². The molecule has 0 N–H and O–H groups in total. The van der Waals surface area contributed by atoms with Crippen molar-refractivity contribution in [3.8, 4) is 0 Å². The average molecular weight is 119 g/mol. The van der Waals surface area contributed by atoms with Crippen molar-refractivity contribution in [1.29, 1.82) is 0 Å². The van der Waals surface area contributed by atoms with E-state index in [1.807, 2.05) is 6.92 Å². The zero-order valence-electron chi connectivity index (χ0n) is 4.87. The van der Waals surface area contributed by atoms with Crippen LogP contribution < -0.4 is 0 Å². The number of rotatable bonds is 0. The Hall–Kier alpha value is -0.230. The van der Waals surface area contributed by atoms with Crippen LogP contribution in [0, 0.1) is 0 Å². The van der Waals surface area contributed by atoms with E-state index in [1.165, 1.54) is 0 Å². The molecular weight excluding hydrogens is 108 g/mol. The van der Waals surface area contributed by atoms with Crippen molar-refractivity contribution in [2.75, 3.05) is 0 Å². The monoisotopic (exact) mass is 118 g/mol. The van der Waals surface area contributed by atoms with Gasteiger partial charge in [-0.1, -0.05) is 24.3 Å². The summed E-state index contributed by atoms with van der Waals surface area (Å²) < 4.78 is 0. The predicted molar refractivity (Wildman–Crippen MR) is 36.5 cm³/mol. The number of hydrogen-bond acceptors (Lipinski definition) is 0. The lowest BCUT2D eigenvalue weighted by Gasteiger charge is -1.61. The van der Waals surface area contributed by atoms with Gasteiger partial charge in [-0.2, -0.15) is 0 Å². The summed E-state index contributed by atoms with van der Waals surface area (Å²) in [5.41, 5.74) is 0. The molecule has 0 spiro atoms. The predicted octanol–water partition coefficient (Wildman–Crippen LogP) is 2.95. The molecule has 0 saturated carbocycles. The van der Waals surface area contributed by atoms with E-state index in [9.17, 15) is 0 Å². The molecule has 0 bridgehead atoms. The van der Waals surface area contributed by atoms with Crippen LogP contribution in [0.4, 0.5) is 0 Å². The fourth-order valence-corrected chi connectivity index (χ4v) is 0. The van der Waals surface area contributed by atoms with Gasteiger partial charge in [-0.05, 0) is 13.8 Å². The van der Waals surface area contributed by atoms with Crippen molar-refractivity contribution >= 4 is 11.6 Å². The van der Waals surface area contributed by atoms with Gasteiger partial charge in [-0.15, -0.1) is 6.58 Å². The van der Waals surface area contributed by atoms with E-state index in [2.05, 4.69) is 13.2 Å². The number of allylic oxidation sites excluding steroid dienone is 2. The Balaban J connectivity index is 0. The lowest BCUT2D eigenvalue weighted by atomic mass is 10.8. The third-order valence-electron chi connectivity index (χ3n) is 0. The Bertz CT molecular complexity index is 51.2. The van der Waals surface area contributed by atoms with Crippen LogP contribution in [0.5, 0.6) is 0 Å². The Labute approximate surface area is 50.5 Å². The maximum absolute atomic E-state index is 5.08. The van der Waals surface area contributed by atoms with Crippen LogP contribution in [0.15, 0.2) is 24.3 Å². The van der Waals surface area contributed by atoms with E-state index < -0.39 is 0 Å². The molecule has 0 radical (unpaired) electrons. The Morgan fingerprint density at radius 1 is 1.71 bits per heavy atom. The van der Waals surface area contributed by atoms with Crippen molar-refractivity contribution in [2.24, 2.45) is 0 Å². The van der Waals surface area contributed by atoms with E-state index >= 15 is 0 Å². The number of hydrogen-bond donors (Lipinski definition) is 0. The van der Waals surface area contributed by atoms with Crippen LogP contribution in [-0.2, 0) is 0 Å². The molecule has 0 aliphatic carbocycles. The maximum atomic E-state index is 5.08. The first-order valence-electron chi connectivity index (χ1n) is 2.03. The minimum absolute atomic E-state index is 0.639. The standard InChI is InChI=1S/C3H5Cl.C3H6/c1-3(2)4;1-3-2/h1H2,2H3;3H,1H2,2H3. The molecule has 0 heterocycles. The highest BCUT2D eigenvalue weighted by Gasteiger charge is 1.55. The lowest BCUT2D eigenvalue weighted by Crippen LogP contribution is -1.34. The minimum atomic E-state index is 0.639. The van der Waals surface area contributed by atoms with E-state index in [1.54, 1.807) is 13.0 Å². The van der Waals surface area contributed by atoms with Gasteiger partial charge in [0.2, 0.25) is 0 Å². The fourth-order valence-electron chi connectivity index (χ4n) is 0. The maximum Gasteiger partial charge on any atom is 0.00778 e. The Morgan fingerprint density at radius 3 is 1.71 bits per heavy atom. The Morgan fingerprint density at radius 2 is 1.71 bits per heavy atom. The molecule has 0 rings (SSSR count). The lowest BCUT2D eigenvalue weighted by molar-refractivity contribution is 1.72. The zero-order valence-corrected chi connectivity index (χ0v) is 5.63. The minimum Gasteiger partial charge on any atom is -0.103 e.